The minimum Gasteiger partial charge on any atom is -0.450 e. The maximum Gasteiger partial charge on any atom is 0.409 e. The topological polar surface area (TPSA) is 53.1 Å². The highest BCUT2D eigenvalue weighted by atomic mass is 16.6. The van der Waals surface area contributed by atoms with Crippen LogP contribution in [-0.2, 0) is 9.53 Å². The number of allylic oxidation sites excluding steroid dienone is 1. The van der Waals surface area contributed by atoms with E-state index in [4.69, 9.17) is 4.74 Å². The fourth-order valence-corrected chi connectivity index (χ4v) is 4.01. The Morgan fingerprint density at radius 2 is 1.78 bits per heavy atom. The molecule has 2 amide bonds. The number of carbonyl (C=O) groups is 2. The van der Waals surface area contributed by atoms with Crippen molar-refractivity contribution in [3.05, 3.63) is 35.9 Å². The van der Waals surface area contributed by atoms with E-state index in [1.165, 1.54) is 5.57 Å². The third kappa shape index (κ3) is 4.00. The molecule has 3 rings (SSSR count). The number of anilines is 1. The molecule has 0 unspecified atom stereocenters. The van der Waals surface area contributed by atoms with E-state index in [-0.39, 0.29) is 17.5 Å². The number of hydrogen-bond acceptors (Lipinski definition) is 4. The van der Waals surface area contributed by atoms with E-state index in [0.29, 0.717) is 39.3 Å². The summed E-state index contributed by atoms with van der Waals surface area (Å²) in [5.41, 5.74) is 2.90. The minimum absolute atomic E-state index is 0.0841. The first-order valence-corrected chi connectivity index (χ1v) is 9.59. The molecule has 1 saturated heterocycles. The first-order valence-electron chi connectivity index (χ1n) is 9.59. The number of carbonyl (C=O) groups excluding carboxylic acids is 2. The molecule has 2 aliphatic heterocycles. The summed E-state index contributed by atoms with van der Waals surface area (Å²) < 4.78 is 5.06. The Labute approximate surface area is 161 Å². The Morgan fingerprint density at radius 1 is 1.11 bits per heavy atom. The van der Waals surface area contributed by atoms with Crippen LogP contribution in [-0.4, -0.2) is 66.7 Å². The van der Waals surface area contributed by atoms with Crippen LogP contribution >= 0.6 is 0 Å². The van der Waals surface area contributed by atoms with Gasteiger partial charge in [0.25, 0.3) is 0 Å². The molecule has 1 aromatic carbocycles. The molecule has 0 N–H and O–H groups in total. The molecular weight excluding hydrogens is 342 g/mol. The molecule has 1 fully saturated rings. The second-order valence-corrected chi connectivity index (χ2v) is 7.69. The number of para-hydroxylation sites is 1. The van der Waals surface area contributed by atoms with Crippen molar-refractivity contribution in [2.75, 3.05) is 44.2 Å². The molecule has 0 aliphatic carbocycles. The van der Waals surface area contributed by atoms with Crippen molar-refractivity contribution in [1.29, 1.82) is 0 Å². The quantitative estimate of drug-likeness (QED) is 0.820. The molecule has 0 radical (unpaired) electrons. The molecule has 0 spiro atoms. The molecule has 0 aromatic heterocycles. The molecule has 146 valence electrons. The van der Waals surface area contributed by atoms with E-state index in [1.54, 1.807) is 11.8 Å². The zero-order valence-electron chi connectivity index (χ0n) is 16.7. The van der Waals surface area contributed by atoms with E-state index in [9.17, 15) is 9.59 Å². The van der Waals surface area contributed by atoms with Crippen LogP contribution in [0.3, 0.4) is 0 Å². The Kier molecular flexibility index (Phi) is 5.56. The monoisotopic (exact) mass is 371 g/mol. The summed E-state index contributed by atoms with van der Waals surface area (Å²) in [5, 5.41) is 0. The molecule has 0 atom stereocenters. The lowest BCUT2D eigenvalue weighted by molar-refractivity contribution is -0.120. The van der Waals surface area contributed by atoms with E-state index in [0.717, 1.165) is 11.3 Å². The van der Waals surface area contributed by atoms with Crippen molar-refractivity contribution in [3.63, 3.8) is 0 Å². The molecule has 6 heteroatoms. The Balaban J connectivity index is 1.69. The first kappa shape index (κ1) is 19.4. The fourth-order valence-electron chi connectivity index (χ4n) is 4.01. The third-order valence-electron chi connectivity index (χ3n) is 5.22. The number of benzene rings is 1. The second-order valence-electron chi connectivity index (χ2n) is 7.69. The highest BCUT2D eigenvalue weighted by Crippen LogP contribution is 2.38. The average Bonchev–Trinajstić information content (AvgIpc) is 2.61. The van der Waals surface area contributed by atoms with Crippen LogP contribution in [0.2, 0.25) is 0 Å². The van der Waals surface area contributed by atoms with Crippen LogP contribution in [0, 0.1) is 0 Å². The van der Waals surface area contributed by atoms with Gasteiger partial charge in [0, 0.05) is 31.7 Å². The van der Waals surface area contributed by atoms with Gasteiger partial charge in [-0.25, -0.2) is 4.79 Å². The standard InChI is InChI=1S/C21H29N3O3/c1-5-27-20(26)23-12-10-22(11-13-23)15-19(25)24-18-9-7-6-8-17(18)16(2)14-21(24,3)4/h6-9,14H,5,10-13,15H2,1-4H3. The van der Waals surface area contributed by atoms with Crippen LogP contribution in [0.15, 0.2) is 30.3 Å². The average molecular weight is 371 g/mol. The lowest BCUT2D eigenvalue weighted by Crippen LogP contribution is -2.55. The Bertz CT molecular complexity index is 749. The van der Waals surface area contributed by atoms with Gasteiger partial charge in [-0.1, -0.05) is 24.3 Å². The van der Waals surface area contributed by atoms with Gasteiger partial charge in [-0.05, 0) is 39.3 Å². The van der Waals surface area contributed by atoms with Gasteiger partial charge in [0.05, 0.1) is 24.4 Å². The normalized spacial score (nSPS) is 19.3. The van der Waals surface area contributed by atoms with Gasteiger partial charge in [0.1, 0.15) is 0 Å². The zero-order valence-corrected chi connectivity index (χ0v) is 16.7. The van der Waals surface area contributed by atoms with Gasteiger partial charge in [0.2, 0.25) is 5.91 Å². The fraction of sp³-hybridized carbons (Fsp3) is 0.524. The number of nitrogens with zero attached hydrogens (tertiary/aromatic N) is 3. The lowest BCUT2D eigenvalue weighted by Gasteiger charge is -2.43. The van der Waals surface area contributed by atoms with Crippen LogP contribution in [0.4, 0.5) is 10.5 Å². The van der Waals surface area contributed by atoms with E-state index < -0.39 is 0 Å². The molecular formula is C21H29N3O3. The third-order valence-corrected chi connectivity index (χ3v) is 5.22. The van der Waals surface area contributed by atoms with Crippen LogP contribution in [0.25, 0.3) is 5.57 Å². The second kappa shape index (κ2) is 7.72. The molecule has 2 heterocycles. The number of amides is 2. The van der Waals surface area contributed by atoms with Crippen molar-refractivity contribution < 1.29 is 14.3 Å². The van der Waals surface area contributed by atoms with Gasteiger partial charge < -0.3 is 14.5 Å². The SMILES string of the molecule is CCOC(=O)N1CCN(CC(=O)N2c3ccccc3C(C)=CC2(C)C)CC1. The van der Waals surface area contributed by atoms with Gasteiger partial charge >= 0.3 is 6.09 Å². The van der Waals surface area contributed by atoms with E-state index >= 15 is 0 Å². The maximum atomic E-state index is 13.2. The summed E-state index contributed by atoms with van der Waals surface area (Å²) in [7, 11) is 0. The smallest absolute Gasteiger partial charge is 0.409 e. The van der Waals surface area contributed by atoms with Crippen molar-refractivity contribution in [2.24, 2.45) is 0 Å². The van der Waals surface area contributed by atoms with Crippen molar-refractivity contribution in [2.45, 2.75) is 33.2 Å². The highest BCUT2D eigenvalue weighted by Gasteiger charge is 2.36. The molecule has 0 bridgehead atoms. The van der Waals surface area contributed by atoms with Gasteiger partial charge in [0.15, 0.2) is 0 Å². The summed E-state index contributed by atoms with van der Waals surface area (Å²) in [6, 6.07) is 8.07. The number of fused-ring (bicyclic) bond motifs is 1. The summed E-state index contributed by atoms with van der Waals surface area (Å²) >= 11 is 0. The predicted molar refractivity (Wildman–Crippen MR) is 107 cm³/mol. The summed E-state index contributed by atoms with van der Waals surface area (Å²) in [6.45, 7) is 11.3. The lowest BCUT2D eigenvalue weighted by atomic mass is 9.88. The summed E-state index contributed by atoms with van der Waals surface area (Å²) in [4.78, 5) is 30.8. The largest absolute Gasteiger partial charge is 0.450 e. The highest BCUT2D eigenvalue weighted by molar-refractivity contribution is 6.01. The van der Waals surface area contributed by atoms with Crippen LogP contribution < -0.4 is 4.90 Å². The van der Waals surface area contributed by atoms with Crippen LogP contribution in [0.1, 0.15) is 33.3 Å². The number of ether oxygens (including phenoxy) is 1. The van der Waals surface area contributed by atoms with E-state index in [1.807, 2.05) is 23.1 Å². The predicted octanol–water partition coefficient (Wildman–Crippen LogP) is 2.99. The van der Waals surface area contributed by atoms with Gasteiger partial charge in [-0.3, -0.25) is 9.69 Å². The zero-order chi connectivity index (χ0) is 19.6. The van der Waals surface area contributed by atoms with Crippen molar-refractivity contribution >= 4 is 23.3 Å². The number of piperazine rings is 1. The molecule has 1 aromatic rings. The van der Waals surface area contributed by atoms with Gasteiger partial charge in [-0.15, -0.1) is 0 Å². The Morgan fingerprint density at radius 3 is 2.44 bits per heavy atom. The number of rotatable bonds is 3. The molecule has 27 heavy (non-hydrogen) atoms. The molecule has 0 saturated carbocycles. The maximum absolute atomic E-state index is 13.2. The molecule has 6 nitrogen and oxygen atoms in total. The minimum atomic E-state index is -0.373. The van der Waals surface area contributed by atoms with E-state index in [2.05, 4.69) is 37.8 Å². The summed E-state index contributed by atoms with van der Waals surface area (Å²) in [6.07, 6.45) is 1.89. The van der Waals surface area contributed by atoms with Crippen molar-refractivity contribution in [1.82, 2.24) is 9.80 Å². The molecule has 2 aliphatic rings. The van der Waals surface area contributed by atoms with Crippen LogP contribution in [0.5, 0.6) is 0 Å². The Hall–Kier alpha value is -2.34. The summed E-state index contributed by atoms with van der Waals surface area (Å²) in [5.74, 6) is 0.0841. The first-order chi connectivity index (χ1) is 12.8. The van der Waals surface area contributed by atoms with Gasteiger partial charge in [-0.2, -0.15) is 0 Å². The number of hydrogen-bond donors (Lipinski definition) is 0. The van der Waals surface area contributed by atoms with Crippen molar-refractivity contribution in [3.8, 4) is 0 Å².